The molecule has 0 bridgehead atoms. The van der Waals surface area contributed by atoms with Gasteiger partial charge in [0, 0.05) is 18.2 Å². The summed E-state index contributed by atoms with van der Waals surface area (Å²) in [6.45, 7) is 4.08. The van der Waals surface area contributed by atoms with E-state index in [2.05, 4.69) is 10.6 Å². The van der Waals surface area contributed by atoms with Crippen LogP contribution in [0.2, 0.25) is 0 Å². The number of amides is 2. The van der Waals surface area contributed by atoms with Crippen molar-refractivity contribution in [1.29, 1.82) is 0 Å². The first kappa shape index (κ1) is 12.3. The van der Waals surface area contributed by atoms with E-state index >= 15 is 0 Å². The van der Waals surface area contributed by atoms with E-state index in [-0.39, 0.29) is 18.2 Å². The van der Waals surface area contributed by atoms with Crippen LogP contribution in [0, 0.1) is 0 Å². The first-order chi connectivity index (χ1) is 7.09. The van der Waals surface area contributed by atoms with Crippen LogP contribution < -0.4 is 10.6 Å². The molecular formula is C11H22N2O2. The molecule has 1 fully saturated rings. The topological polar surface area (TPSA) is 61.4 Å². The minimum absolute atomic E-state index is 0.0995. The van der Waals surface area contributed by atoms with Crippen LogP contribution in [0.25, 0.3) is 0 Å². The zero-order valence-corrected chi connectivity index (χ0v) is 9.68. The quantitative estimate of drug-likeness (QED) is 0.647. The van der Waals surface area contributed by atoms with E-state index in [0.717, 1.165) is 19.3 Å². The van der Waals surface area contributed by atoms with Crippen molar-refractivity contribution in [2.45, 2.75) is 57.5 Å². The summed E-state index contributed by atoms with van der Waals surface area (Å²) in [6.07, 6.45) is 4.83. The number of nitrogens with one attached hydrogen (secondary N) is 2. The smallest absolute Gasteiger partial charge is 0.315 e. The minimum atomic E-state index is -0.289. The Morgan fingerprint density at radius 1 is 1.53 bits per heavy atom. The normalized spacial score (nSPS) is 20.2. The van der Waals surface area contributed by atoms with Gasteiger partial charge in [0.15, 0.2) is 0 Å². The maximum Gasteiger partial charge on any atom is 0.315 e. The standard InChI is InChI=1S/C11H22N2O2/c1-3-11(2,7-8-14)13-10(15)12-9-5-4-6-9/h9,14H,3-8H2,1-2H3,(H2,12,13,15). The van der Waals surface area contributed by atoms with Crippen LogP contribution in [-0.4, -0.2) is 29.3 Å². The van der Waals surface area contributed by atoms with Gasteiger partial charge in [0.05, 0.1) is 0 Å². The summed E-state index contributed by atoms with van der Waals surface area (Å²) < 4.78 is 0. The van der Waals surface area contributed by atoms with Crippen LogP contribution in [0.5, 0.6) is 0 Å². The molecule has 4 heteroatoms. The van der Waals surface area contributed by atoms with Gasteiger partial charge in [-0.25, -0.2) is 4.79 Å². The van der Waals surface area contributed by atoms with Crippen LogP contribution in [-0.2, 0) is 0 Å². The largest absolute Gasteiger partial charge is 0.396 e. The lowest BCUT2D eigenvalue weighted by Crippen LogP contribution is -2.53. The van der Waals surface area contributed by atoms with Gasteiger partial charge in [0.1, 0.15) is 0 Å². The van der Waals surface area contributed by atoms with Gasteiger partial charge in [-0.15, -0.1) is 0 Å². The minimum Gasteiger partial charge on any atom is -0.396 e. The van der Waals surface area contributed by atoms with Gasteiger partial charge in [-0.3, -0.25) is 0 Å². The number of aliphatic hydroxyl groups excluding tert-OH is 1. The molecule has 1 rings (SSSR count). The summed E-state index contributed by atoms with van der Waals surface area (Å²) in [4.78, 5) is 11.6. The van der Waals surface area contributed by atoms with Gasteiger partial charge in [-0.05, 0) is 39.0 Å². The monoisotopic (exact) mass is 214 g/mol. The number of carbonyl (C=O) groups is 1. The molecule has 3 N–H and O–H groups in total. The molecule has 0 spiro atoms. The van der Waals surface area contributed by atoms with E-state index in [1.807, 2.05) is 13.8 Å². The summed E-state index contributed by atoms with van der Waals surface area (Å²) in [6, 6.07) is 0.262. The van der Waals surface area contributed by atoms with Crippen molar-refractivity contribution >= 4 is 6.03 Å². The van der Waals surface area contributed by atoms with Crippen LogP contribution in [0.15, 0.2) is 0 Å². The highest BCUT2D eigenvalue weighted by Crippen LogP contribution is 2.18. The molecule has 2 amide bonds. The maximum absolute atomic E-state index is 11.6. The number of rotatable bonds is 5. The number of hydrogen-bond donors (Lipinski definition) is 3. The van der Waals surface area contributed by atoms with Crippen molar-refractivity contribution in [2.75, 3.05) is 6.61 Å². The van der Waals surface area contributed by atoms with Gasteiger partial charge in [-0.2, -0.15) is 0 Å². The van der Waals surface area contributed by atoms with Crippen molar-refractivity contribution in [2.24, 2.45) is 0 Å². The molecule has 0 saturated heterocycles. The van der Waals surface area contributed by atoms with E-state index in [9.17, 15) is 4.79 Å². The second kappa shape index (κ2) is 5.35. The Bertz CT molecular complexity index is 217. The third kappa shape index (κ3) is 3.70. The summed E-state index contributed by atoms with van der Waals surface area (Å²) in [5, 5.41) is 14.8. The van der Waals surface area contributed by atoms with Crippen molar-refractivity contribution in [3.63, 3.8) is 0 Å². The fourth-order valence-corrected chi connectivity index (χ4v) is 1.62. The van der Waals surface area contributed by atoms with Crippen LogP contribution in [0.1, 0.15) is 46.0 Å². The molecule has 1 saturated carbocycles. The fraction of sp³-hybridized carbons (Fsp3) is 0.909. The van der Waals surface area contributed by atoms with Gasteiger partial charge in [-0.1, -0.05) is 6.92 Å². The van der Waals surface area contributed by atoms with Gasteiger partial charge in [0.25, 0.3) is 0 Å². The molecule has 0 aromatic carbocycles. The molecule has 0 aliphatic heterocycles. The van der Waals surface area contributed by atoms with E-state index in [4.69, 9.17) is 5.11 Å². The average molecular weight is 214 g/mol. The van der Waals surface area contributed by atoms with Crippen molar-refractivity contribution in [3.8, 4) is 0 Å². The number of aliphatic hydroxyl groups is 1. The van der Waals surface area contributed by atoms with Crippen LogP contribution >= 0.6 is 0 Å². The Morgan fingerprint density at radius 3 is 2.60 bits per heavy atom. The summed E-state index contributed by atoms with van der Waals surface area (Å²) >= 11 is 0. The average Bonchev–Trinajstić information content (AvgIpc) is 2.12. The second-order valence-electron chi connectivity index (χ2n) is 4.61. The molecule has 1 aliphatic rings. The third-order valence-corrected chi connectivity index (χ3v) is 3.30. The van der Waals surface area contributed by atoms with Crippen LogP contribution in [0.3, 0.4) is 0 Å². The summed E-state index contributed by atoms with van der Waals surface area (Å²) in [5.74, 6) is 0. The van der Waals surface area contributed by atoms with E-state index in [0.29, 0.717) is 12.5 Å². The highest BCUT2D eigenvalue weighted by Gasteiger charge is 2.26. The molecule has 88 valence electrons. The van der Waals surface area contributed by atoms with E-state index in [1.54, 1.807) is 0 Å². The lowest BCUT2D eigenvalue weighted by molar-refractivity contribution is 0.194. The molecule has 1 atom stereocenters. The number of carbonyl (C=O) groups excluding carboxylic acids is 1. The highest BCUT2D eigenvalue weighted by molar-refractivity contribution is 5.75. The Labute approximate surface area is 91.4 Å². The van der Waals surface area contributed by atoms with E-state index < -0.39 is 0 Å². The van der Waals surface area contributed by atoms with Crippen molar-refractivity contribution < 1.29 is 9.90 Å². The maximum atomic E-state index is 11.6. The fourth-order valence-electron chi connectivity index (χ4n) is 1.62. The molecule has 0 heterocycles. The highest BCUT2D eigenvalue weighted by atomic mass is 16.3. The lowest BCUT2D eigenvalue weighted by Gasteiger charge is -2.32. The Morgan fingerprint density at radius 2 is 2.20 bits per heavy atom. The Balaban J connectivity index is 2.32. The Kier molecular flexibility index (Phi) is 4.39. The van der Waals surface area contributed by atoms with Crippen molar-refractivity contribution in [3.05, 3.63) is 0 Å². The number of hydrogen-bond acceptors (Lipinski definition) is 2. The number of urea groups is 1. The van der Waals surface area contributed by atoms with Gasteiger partial charge in [0.2, 0.25) is 0 Å². The lowest BCUT2D eigenvalue weighted by atomic mass is 9.93. The van der Waals surface area contributed by atoms with Gasteiger partial charge >= 0.3 is 6.03 Å². The van der Waals surface area contributed by atoms with Crippen molar-refractivity contribution in [1.82, 2.24) is 10.6 Å². The molecule has 1 aliphatic carbocycles. The molecule has 15 heavy (non-hydrogen) atoms. The zero-order chi connectivity index (χ0) is 11.3. The molecule has 1 unspecified atom stereocenters. The predicted molar refractivity (Wildman–Crippen MR) is 59.7 cm³/mol. The molecule has 0 aromatic heterocycles. The SMILES string of the molecule is CCC(C)(CCO)NC(=O)NC1CCC1. The Hall–Kier alpha value is -0.770. The first-order valence-corrected chi connectivity index (χ1v) is 5.79. The third-order valence-electron chi connectivity index (χ3n) is 3.30. The molecule has 4 nitrogen and oxygen atoms in total. The second-order valence-corrected chi connectivity index (χ2v) is 4.61. The first-order valence-electron chi connectivity index (χ1n) is 5.79. The molecule has 0 aromatic rings. The zero-order valence-electron chi connectivity index (χ0n) is 9.68. The van der Waals surface area contributed by atoms with Crippen LogP contribution in [0.4, 0.5) is 4.79 Å². The van der Waals surface area contributed by atoms with Gasteiger partial charge < -0.3 is 15.7 Å². The molecule has 0 radical (unpaired) electrons. The summed E-state index contributed by atoms with van der Waals surface area (Å²) in [5.41, 5.74) is -0.289. The van der Waals surface area contributed by atoms with E-state index in [1.165, 1.54) is 6.42 Å². The predicted octanol–water partition coefficient (Wildman–Crippen LogP) is 1.39. The molecular weight excluding hydrogens is 192 g/mol. The summed E-state index contributed by atoms with van der Waals surface area (Å²) in [7, 11) is 0.